The van der Waals surface area contributed by atoms with E-state index in [4.69, 9.17) is 14.2 Å². The molecule has 6 heteroatoms. The number of hydrogen-bond acceptors (Lipinski definition) is 6. The second-order valence-corrected chi connectivity index (χ2v) is 19.5. The highest BCUT2D eigenvalue weighted by Gasteiger charge is 2.19. The number of ether oxygens (including phenoxy) is 3. The fraction of sp³-hybridized carbons (Fsp3) is 0.682. The zero-order valence-corrected chi connectivity index (χ0v) is 46.9. The van der Waals surface area contributed by atoms with Crippen molar-refractivity contribution >= 4 is 17.9 Å². The van der Waals surface area contributed by atoms with Gasteiger partial charge < -0.3 is 14.2 Å². The van der Waals surface area contributed by atoms with E-state index in [1.54, 1.807) is 0 Å². The molecule has 0 saturated heterocycles. The van der Waals surface area contributed by atoms with Gasteiger partial charge in [0, 0.05) is 19.3 Å². The van der Waals surface area contributed by atoms with Crippen LogP contribution in [0.5, 0.6) is 0 Å². The Balaban J connectivity index is 4.25. The van der Waals surface area contributed by atoms with Crippen LogP contribution in [0.4, 0.5) is 0 Å². The molecule has 1 atom stereocenters. The predicted octanol–water partition coefficient (Wildman–Crippen LogP) is 20.3. The number of hydrogen-bond donors (Lipinski definition) is 0. The fourth-order valence-corrected chi connectivity index (χ4v) is 8.04. The summed E-state index contributed by atoms with van der Waals surface area (Å²) in [5, 5.41) is 0. The Bertz CT molecular complexity index is 1470. The summed E-state index contributed by atoms with van der Waals surface area (Å²) in [5.74, 6) is -0.909. The first-order valence-electron chi connectivity index (χ1n) is 29.9. The van der Waals surface area contributed by atoms with Crippen molar-refractivity contribution in [3.63, 3.8) is 0 Å². The maximum absolute atomic E-state index is 12.8. The van der Waals surface area contributed by atoms with Gasteiger partial charge in [-0.1, -0.05) is 252 Å². The fourth-order valence-electron chi connectivity index (χ4n) is 8.04. The summed E-state index contributed by atoms with van der Waals surface area (Å²) in [4.78, 5) is 38.0. The zero-order valence-electron chi connectivity index (χ0n) is 46.9. The number of allylic oxidation sites excluding steroid dienone is 18. The van der Waals surface area contributed by atoms with Crippen LogP contribution in [0.3, 0.4) is 0 Å². The molecule has 0 rings (SSSR count). The lowest BCUT2D eigenvalue weighted by molar-refractivity contribution is -0.167. The number of esters is 3. The molecule has 72 heavy (non-hydrogen) atoms. The van der Waals surface area contributed by atoms with E-state index >= 15 is 0 Å². The van der Waals surface area contributed by atoms with E-state index in [9.17, 15) is 14.4 Å². The van der Waals surface area contributed by atoms with Crippen molar-refractivity contribution in [2.24, 2.45) is 0 Å². The summed E-state index contributed by atoms with van der Waals surface area (Å²) < 4.78 is 16.8. The van der Waals surface area contributed by atoms with Crippen molar-refractivity contribution in [3.8, 4) is 0 Å². The Labute approximate surface area is 444 Å². The highest BCUT2D eigenvalue weighted by Crippen LogP contribution is 2.15. The smallest absolute Gasteiger partial charge is 0.306 e. The molecule has 0 spiro atoms. The number of carbonyl (C=O) groups excluding carboxylic acids is 3. The molecule has 410 valence electrons. The van der Waals surface area contributed by atoms with E-state index < -0.39 is 6.10 Å². The van der Waals surface area contributed by atoms with Crippen molar-refractivity contribution < 1.29 is 28.6 Å². The first kappa shape index (κ1) is 68.1. The lowest BCUT2D eigenvalue weighted by Crippen LogP contribution is -2.30. The maximum Gasteiger partial charge on any atom is 0.306 e. The van der Waals surface area contributed by atoms with Crippen molar-refractivity contribution in [1.82, 2.24) is 0 Å². The van der Waals surface area contributed by atoms with E-state index in [0.29, 0.717) is 19.3 Å². The second kappa shape index (κ2) is 59.6. The van der Waals surface area contributed by atoms with Crippen molar-refractivity contribution in [3.05, 3.63) is 109 Å². The lowest BCUT2D eigenvalue weighted by Gasteiger charge is -2.18. The number of unbranched alkanes of at least 4 members (excludes halogenated alkanes) is 24. The third-order valence-corrected chi connectivity index (χ3v) is 12.5. The van der Waals surface area contributed by atoms with Crippen LogP contribution in [-0.2, 0) is 28.6 Å². The van der Waals surface area contributed by atoms with Gasteiger partial charge in [0.2, 0.25) is 0 Å². The van der Waals surface area contributed by atoms with Crippen molar-refractivity contribution in [2.75, 3.05) is 13.2 Å². The first-order valence-corrected chi connectivity index (χ1v) is 29.9. The Kier molecular flexibility index (Phi) is 56.4. The van der Waals surface area contributed by atoms with E-state index in [0.717, 1.165) is 135 Å². The van der Waals surface area contributed by atoms with Crippen molar-refractivity contribution in [2.45, 2.75) is 277 Å². The Hall–Kier alpha value is -3.93. The SMILES string of the molecule is CC/C=C\C/C=C\C/C=C\C/C=C\C/C=C\C/C=C\C/C=C\C/C=C\CCCCCCCCC(=O)OCC(COC(=O)CCCCCCCCCCCC)OC(=O)CCCCCCC/C=C\CCCCCC. The highest BCUT2D eigenvalue weighted by atomic mass is 16.6. The third kappa shape index (κ3) is 57.0. The topological polar surface area (TPSA) is 78.9 Å². The van der Waals surface area contributed by atoms with Gasteiger partial charge in [-0.25, -0.2) is 0 Å². The summed E-state index contributed by atoms with van der Waals surface area (Å²) in [5.41, 5.74) is 0. The molecule has 0 amide bonds. The number of rotatable bonds is 53. The van der Waals surface area contributed by atoms with Crippen LogP contribution in [-0.4, -0.2) is 37.2 Å². The lowest BCUT2D eigenvalue weighted by atomic mass is 10.1. The van der Waals surface area contributed by atoms with Crippen LogP contribution in [0, 0.1) is 0 Å². The Morgan fingerprint density at radius 3 is 0.875 bits per heavy atom. The molecule has 0 aliphatic rings. The molecule has 0 N–H and O–H groups in total. The molecule has 0 bridgehead atoms. The Morgan fingerprint density at radius 1 is 0.292 bits per heavy atom. The largest absolute Gasteiger partial charge is 0.462 e. The molecule has 0 saturated carbocycles. The average molecular weight is 1000 g/mol. The molecule has 0 radical (unpaired) electrons. The van der Waals surface area contributed by atoms with Gasteiger partial charge >= 0.3 is 17.9 Å². The Morgan fingerprint density at radius 2 is 0.542 bits per heavy atom. The van der Waals surface area contributed by atoms with E-state index in [1.807, 2.05) is 0 Å². The van der Waals surface area contributed by atoms with Gasteiger partial charge in [-0.15, -0.1) is 0 Å². The average Bonchev–Trinajstić information content (AvgIpc) is 3.38. The van der Waals surface area contributed by atoms with Gasteiger partial charge in [-0.3, -0.25) is 14.4 Å². The van der Waals surface area contributed by atoms with Crippen LogP contribution in [0.25, 0.3) is 0 Å². The number of carbonyl (C=O) groups is 3. The first-order chi connectivity index (χ1) is 35.5. The van der Waals surface area contributed by atoms with Gasteiger partial charge in [0.25, 0.3) is 0 Å². The molecular formula is C66H110O6. The molecule has 6 nitrogen and oxygen atoms in total. The minimum absolute atomic E-state index is 0.0846. The molecule has 0 fully saturated rings. The molecule has 0 aromatic heterocycles. The summed E-state index contributed by atoms with van der Waals surface area (Å²) in [6.07, 6.45) is 80.9. The molecule has 0 aromatic rings. The molecule has 0 heterocycles. The summed E-state index contributed by atoms with van der Waals surface area (Å²) in [7, 11) is 0. The maximum atomic E-state index is 12.8. The standard InChI is InChI=1S/C66H110O6/c1-4-7-10-13-16-19-22-24-25-26-27-28-29-30-31-32-33-34-35-36-37-38-39-40-41-43-44-47-50-53-56-59-65(68)71-62-63(61-70-64(67)58-55-52-49-46-21-18-15-12-9-6-3)72-66(69)60-57-54-51-48-45-42-23-20-17-14-11-8-5-2/h7,10,16,19-20,23-25,27-28,30-31,33-34,36-37,39-40,63H,4-6,8-9,11-15,17-18,21-22,26,29,32,35,38,41-62H2,1-3H3/b10-7-,19-16-,23-20-,25-24-,28-27-,31-30-,34-33-,37-36-,40-39-. The van der Waals surface area contributed by atoms with E-state index in [1.165, 1.54) is 96.3 Å². The summed E-state index contributed by atoms with van der Waals surface area (Å²) in [6, 6.07) is 0. The predicted molar refractivity (Wildman–Crippen MR) is 311 cm³/mol. The van der Waals surface area contributed by atoms with E-state index in [-0.39, 0.29) is 31.1 Å². The quantitative estimate of drug-likeness (QED) is 0.0261. The molecule has 0 aliphatic heterocycles. The molecule has 0 aliphatic carbocycles. The van der Waals surface area contributed by atoms with Crippen LogP contribution < -0.4 is 0 Å². The minimum Gasteiger partial charge on any atom is -0.462 e. The van der Waals surface area contributed by atoms with Crippen LogP contribution in [0.15, 0.2) is 109 Å². The van der Waals surface area contributed by atoms with Crippen LogP contribution in [0.2, 0.25) is 0 Å². The van der Waals surface area contributed by atoms with Gasteiger partial charge in [0.15, 0.2) is 6.10 Å². The monoisotopic (exact) mass is 999 g/mol. The third-order valence-electron chi connectivity index (χ3n) is 12.5. The van der Waals surface area contributed by atoms with Gasteiger partial charge in [-0.05, 0) is 109 Å². The van der Waals surface area contributed by atoms with Gasteiger partial charge in [0.1, 0.15) is 13.2 Å². The van der Waals surface area contributed by atoms with Crippen molar-refractivity contribution in [1.29, 1.82) is 0 Å². The highest BCUT2D eigenvalue weighted by molar-refractivity contribution is 5.71. The summed E-state index contributed by atoms with van der Waals surface area (Å²) in [6.45, 7) is 6.48. The van der Waals surface area contributed by atoms with E-state index in [2.05, 4.69) is 130 Å². The molecular weight excluding hydrogens is 889 g/mol. The van der Waals surface area contributed by atoms with Gasteiger partial charge in [-0.2, -0.15) is 0 Å². The zero-order chi connectivity index (χ0) is 52.2. The summed E-state index contributed by atoms with van der Waals surface area (Å²) >= 11 is 0. The minimum atomic E-state index is -0.787. The van der Waals surface area contributed by atoms with Gasteiger partial charge in [0.05, 0.1) is 0 Å². The second-order valence-electron chi connectivity index (χ2n) is 19.5. The van der Waals surface area contributed by atoms with Crippen LogP contribution in [0.1, 0.15) is 271 Å². The molecule has 1 unspecified atom stereocenters. The normalized spacial score (nSPS) is 12.9. The van der Waals surface area contributed by atoms with Crippen LogP contribution >= 0.6 is 0 Å². The molecule has 0 aromatic carbocycles.